The van der Waals surface area contributed by atoms with E-state index in [1.807, 2.05) is 4.57 Å². The molecular weight excluding hydrogens is 202 g/mol. The number of fused-ring (bicyclic) bond motifs is 1. The van der Waals surface area contributed by atoms with Gasteiger partial charge in [0.2, 0.25) is 0 Å². The average molecular weight is 215 g/mol. The van der Waals surface area contributed by atoms with E-state index in [4.69, 9.17) is 4.74 Å². The molecule has 4 nitrogen and oxygen atoms in total. The maximum atomic E-state index is 5.80. The van der Waals surface area contributed by atoms with E-state index in [2.05, 4.69) is 34.5 Å². The van der Waals surface area contributed by atoms with Gasteiger partial charge in [-0.3, -0.25) is 0 Å². The van der Waals surface area contributed by atoms with Crippen molar-refractivity contribution >= 4 is 0 Å². The zero-order valence-corrected chi connectivity index (χ0v) is 8.91. The summed E-state index contributed by atoms with van der Waals surface area (Å²) in [4.78, 5) is 0. The van der Waals surface area contributed by atoms with Crippen molar-refractivity contribution in [1.82, 2.24) is 14.8 Å². The number of rotatable bonds is 2. The molecule has 1 unspecified atom stereocenters. The zero-order valence-electron chi connectivity index (χ0n) is 8.91. The minimum absolute atomic E-state index is 0.126. The molecule has 2 aromatic rings. The van der Waals surface area contributed by atoms with Crippen LogP contribution in [0.4, 0.5) is 0 Å². The molecule has 3 rings (SSSR count). The summed E-state index contributed by atoms with van der Waals surface area (Å²) in [6, 6.07) is 8.47. The van der Waals surface area contributed by atoms with Gasteiger partial charge in [0.05, 0.1) is 13.2 Å². The van der Waals surface area contributed by atoms with Crippen LogP contribution in [-0.4, -0.2) is 21.4 Å². The molecule has 0 aliphatic carbocycles. The quantitative estimate of drug-likeness (QED) is 0.763. The summed E-state index contributed by atoms with van der Waals surface area (Å²) < 4.78 is 7.75. The minimum atomic E-state index is 0.126. The Morgan fingerprint density at radius 3 is 2.94 bits per heavy atom. The molecule has 0 saturated carbocycles. The fraction of sp³-hybridized carbons (Fsp3) is 0.333. The molecule has 1 atom stereocenters. The smallest absolute Gasteiger partial charge is 0.119 e. The molecule has 0 radical (unpaired) electrons. The van der Waals surface area contributed by atoms with E-state index >= 15 is 0 Å². The predicted molar refractivity (Wildman–Crippen MR) is 58.9 cm³/mol. The maximum absolute atomic E-state index is 5.80. The highest BCUT2D eigenvalue weighted by atomic mass is 16.5. The summed E-state index contributed by atoms with van der Waals surface area (Å²) in [5, 5.41) is 7.60. The lowest BCUT2D eigenvalue weighted by molar-refractivity contribution is 0.0305. The summed E-state index contributed by atoms with van der Waals surface area (Å²) in [5.74, 6) is 0. The molecule has 0 fully saturated rings. The van der Waals surface area contributed by atoms with Crippen LogP contribution in [0, 0.1) is 0 Å². The van der Waals surface area contributed by atoms with E-state index < -0.39 is 0 Å². The van der Waals surface area contributed by atoms with Crippen molar-refractivity contribution in [3.05, 3.63) is 48.0 Å². The molecule has 16 heavy (non-hydrogen) atoms. The summed E-state index contributed by atoms with van der Waals surface area (Å²) in [7, 11) is 0. The third-order valence-electron chi connectivity index (χ3n) is 2.94. The van der Waals surface area contributed by atoms with Crippen molar-refractivity contribution < 1.29 is 4.74 Å². The van der Waals surface area contributed by atoms with Gasteiger partial charge in [-0.2, -0.15) is 0 Å². The van der Waals surface area contributed by atoms with Gasteiger partial charge in [0, 0.05) is 0 Å². The van der Waals surface area contributed by atoms with Gasteiger partial charge in [-0.1, -0.05) is 24.3 Å². The predicted octanol–water partition coefficient (Wildman–Crippen LogP) is 1.59. The van der Waals surface area contributed by atoms with Crippen LogP contribution in [0.5, 0.6) is 0 Å². The molecule has 1 aromatic carbocycles. The van der Waals surface area contributed by atoms with Gasteiger partial charge in [0.25, 0.3) is 0 Å². The zero-order chi connectivity index (χ0) is 10.8. The summed E-state index contributed by atoms with van der Waals surface area (Å²) >= 11 is 0. The van der Waals surface area contributed by atoms with Crippen LogP contribution in [-0.2, 0) is 17.7 Å². The number of ether oxygens (including phenoxy) is 1. The third kappa shape index (κ3) is 1.72. The number of hydrogen-bond donors (Lipinski definition) is 0. The first-order valence-electron chi connectivity index (χ1n) is 5.45. The van der Waals surface area contributed by atoms with Crippen molar-refractivity contribution in [3.63, 3.8) is 0 Å². The van der Waals surface area contributed by atoms with E-state index in [9.17, 15) is 0 Å². The van der Waals surface area contributed by atoms with Crippen LogP contribution >= 0.6 is 0 Å². The second-order valence-electron chi connectivity index (χ2n) is 3.97. The Hall–Kier alpha value is -1.68. The molecule has 2 heterocycles. The van der Waals surface area contributed by atoms with Gasteiger partial charge in [0.1, 0.15) is 18.8 Å². The first-order chi connectivity index (χ1) is 7.93. The molecule has 0 amide bonds. The van der Waals surface area contributed by atoms with Crippen LogP contribution in [0.2, 0.25) is 0 Å². The monoisotopic (exact) mass is 215 g/mol. The second-order valence-corrected chi connectivity index (χ2v) is 3.97. The van der Waals surface area contributed by atoms with Gasteiger partial charge in [-0.15, -0.1) is 10.2 Å². The topological polar surface area (TPSA) is 39.9 Å². The molecule has 1 aliphatic rings. The largest absolute Gasteiger partial charge is 0.371 e. The van der Waals surface area contributed by atoms with E-state index in [0.29, 0.717) is 0 Å². The van der Waals surface area contributed by atoms with Crippen LogP contribution in [0.1, 0.15) is 17.2 Å². The Morgan fingerprint density at radius 1 is 1.25 bits per heavy atom. The highest BCUT2D eigenvalue weighted by Crippen LogP contribution is 2.27. The highest BCUT2D eigenvalue weighted by molar-refractivity contribution is 5.30. The lowest BCUT2D eigenvalue weighted by Gasteiger charge is -2.26. The van der Waals surface area contributed by atoms with Crippen LogP contribution < -0.4 is 0 Å². The first-order valence-corrected chi connectivity index (χ1v) is 5.45. The molecule has 82 valence electrons. The number of aromatic nitrogens is 3. The number of nitrogens with zero attached hydrogens (tertiary/aromatic N) is 3. The van der Waals surface area contributed by atoms with Gasteiger partial charge >= 0.3 is 0 Å². The van der Waals surface area contributed by atoms with E-state index in [1.54, 1.807) is 12.7 Å². The van der Waals surface area contributed by atoms with Gasteiger partial charge in [-0.05, 0) is 17.5 Å². The van der Waals surface area contributed by atoms with E-state index in [-0.39, 0.29) is 6.10 Å². The van der Waals surface area contributed by atoms with Crippen LogP contribution in [0.25, 0.3) is 0 Å². The maximum Gasteiger partial charge on any atom is 0.119 e. The minimum Gasteiger partial charge on any atom is -0.371 e. The Bertz CT molecular complexity index is 467. The normalized spacial score (nSPS) is 19.4. The molecular formula is C12H13N3O. The van der Waals surface area contributed by atoms with Gasteiger partial charge in [-0.25, -0.2) is 0 Å². The lowest BCUT2D eigenvalue weighted by atomic mass is 9.97. The summed E-state index contributed by atoms with van der Waals surface area (Å²) in [5.41, 5.74) is 2.69. The Kier molecular flexibility index (Phi) is 2.42. The molecule has 1 aromatic heterocycles. The molecule has 0 spiro atoms. The molecule has 0 bridgehead atoms. The molecule has 1 aliphatic heterocycles. The number of benzene rings is 1. The summed E-state index contributed by atoms with van der Waals surface area (Å²) in [6.45, 7) is 1.58. The fourth-order valence-electron chi connectivity index (χ4n) is 2.14. The SMILES string of the molecule is c1ccc2c(c1)CCOC2Cn1cnnc1. The number of hydrogen-bond acceptors (Lipinski definition) is 3. The average Bonchev–Trinajstić information content (AvgIpc) is 2.82. The van der Waals surface area contributed by atoms with E-state index in [0.717, 1.165) is 19.6 Å². The third-order valence-corrected chi connectivity index (χ3v) is 2.94. The summed E-state index contributed by atoms with van der Waals surface area (Å²) in [6.07, 6.45) is 4.58. The Morgan fingerprint density at radius 2 is 2.06 bits per heavy atom. The van der Waals surface area contributed by atoms with E-state index in [1.165, 1.54) is 11.1 Å². The molecule has 0 saturated heterocycles. The van der Waals surface area contributed by atoms with Crippen molar-refractivity contribution in [2.75, 3.05) is 6.61 Å². The van der Waals surface area contributed by atoms with Crippen molar-refractivity contribution in [3.8, 4) is 0 Å². The standard InChI is InChI=1S/C12H13N3O/c1-2-4-11-10(3-1)5-6-16-12(11)7-15-8-13-14-9-15/h1-4,8-9,12H,5-7H2. The Labute approximate surface area is 93.9 Å². The van der Waals surface area contributed by atoms with Crippen molar-refractivity contribution in [2.24, 2.45) is 0 Å². The van der Waals surface area contributed by atoms with Crippen molar-refractivity contribution in [2.45, 2.75) is 19.1 Å². The Balaban J connectivity index is 1.87. The first kappa shape index (κ1) is 9.54. The van der Waals surface area contributed by atoms with Gasteiger partial charge < -0.3 is 9.30 Å². The molecule has 4 heteroatoms. The van der Waals surface area contributed by atoms with Crippen LogP contribution in [0.3, 0.4) is 0 Å². The van der Waals surface area contributed by atoms with Crippen molar-refractivity contribution in [1.29, 1.82) is 0 Å². The highest BCUT2D eigenvalue weighted by Gasteiger charge is 2.20. The lowest BCUT2D eigenvalue weighted by Crippen LogP contribution is -2.20. The second kappa shape index (κ2) is 4.06. The van der Waals surface area contributed by atoms with Gasteiger partial charge in [0.15, 0.2) is 0 Å². The van der Waals surface area contributed by atoms with Crippen LogP contribution in [0.15, 0.2) is 36.9 Å². The molecule has 0 N–H and O–H groups in total. The fourth-order valence-corrected chi connectivity index (χ4v) is 2.14.